The number of nitrogens with zero attached hydrogens (tertiary/aromatic N) is 1. The smallest absolute Gasteiger partial charge is 0.254 e. The van der Waals surface area contributed by atoms with Gasteiger partial charge in [-0.3, -0.25) is 9.59 Å². The highest BCUT2D eigenvalue weighted by atomic mass is 16.3. The quantitative estimate of drug-likeness (QED) is 0.773. The summed E-state index contributed by atoms with van der Waals surface area (Å²) in [6, 6.07) is 15.0. The maximum absolute atomic E-state index is 12.9. The molecule has 1 aromatic heterocycles. The Labute approximate surface area is 151 Å². The normalized spacial score (nSPS) is 14.6. The van der Waals surface area contributed by atoms with Gasteiger partial charge in [-0.2, -0.15) is 0 Å². The highest BCUT2D eigenvalue weighted by molar-refractivity contribution is 5.98. The molecule has 5 heteroatoms. The number of hydrogen-bond acceptors (Lipinski definition) is 3. The summed E-state index contributed by atoms with van der Waals surface area (Å²) in [4.78, 5) is 26.1. The number of anilines is 1. The van der Waals surface area contributed by atoms with Crippen LogP contribution in [-0.4, -0.2) is 23.8 Å². The topological polar surface area (TPSA) is 62.6 Å². The molecule has 4 rings (SSSR count). The van der Waals surface area contributed by atoms with Gasteiger partial charge in [0.05, 0.1) is 6.04 Å². The molecule has 0 saturated carbocycles. The Balaban J connectivity index is 1.58. The van der Waals surface area contributed by atoms with Crippen molar-refractivity contribution in [3.05, 3.63) is 65.4 Å². The second-order valence-corrected chi connectivity index (χ2v) is 6.70. The fraction of sp³-hybridized carbons (Fsp3) is 0.238. The van der Waals surface area contributed by atoms with E-state index in [0.29, 0.717) is 18.4 Å². The largest absolute Gasteiger partial charge is 0.459 e. The van der Waals surface area contributed by atoms with E-state index >= 15 is 0 Å². The highest BCUT2D eigenvalue weighted by Crippen LogP contribution is 2.29. The maximum Gasteiger partial charge on any atom is 0.254 e. The number of fused-ring (bicyclic) bond motifs is 2. The highest BCUT2D eigenvalue weighted by Gasteiger charge is 2.23. The molecule has 0 fully saturated rings. The van der Waals surface area contributed by atoms with Crippen LogP contribution in [0.15, 0.2) is 52.9 Å². The average molecular weight is 348 g/mol. The van der Waals surface area contributed by atoms with Crippen molar-refractivity contribution in [2.75, 3.05) is 12.4 Å². The zero-order chi connectivity index (χ0) is 18.3. The Morgan fingerprint density at radius 1 is 1.15 bits per heavy atom. The van der Waals surface area contributed by atoms with Gasteiger partial charge in [-0.15, -0.1) is 0 Å². The van der Waals surface area contributed by atoms with E-state index in [2.05, 4.69) is 5.32 Å². The molecule has 2 amide bonds. The van der Waals surface area contributed by atoms with E-state index in [0.717, 1.165) is 28.0 Å². The van der Waals surface area contributed by atoms with Crippen LogP contribution in [-0.2, 0) is 11.2 Å². The molecule has 0 bridgehead atoms. The molecule has 1 aliphatic heterocycles. The van der Waals surface area contributed by atoms with Crippen LogP contribution >= 0.6 is 0 Å². The fourth-order valence-electron chi connectivity index (χ4n) is 3.30. The molecule has 1 aliphatic rings. The minimum absolute atomic E-state index is 0.0206. The lowest BCUT2D eigenvalue weighted by Crippen LogP contribution is -2.29. The molecule has 26 heavy (non-hydrogen) atoms. The molecule has 1 N–H and O–H groups in total. The van der Waals surface area contributed by atoms with Crippen molar-refractivity contribution in [1.29, 1.82) is 0 Å². The summed E-state index contributed by atoms with van der Waals surface area (Å²) < 4.78 is 5.90. The molecule has 0 aliphatic carbocycles. The van der Waals surface area contributed by atoms with Crippen LogP contribution in [0.5, 0.6) is 0 Å². The Hall–Kier alpha value is -3.08. The third-order valence-electron chi connectivity index (χ3n) is 5.01. The number of carbonyl (C=O) groups excluding carboxylic acids is 2. The molecule has 0 spiro atoms. The van der Waals surface area contributed by atoms with Crippen LogP contribution in [0.2, 0.25) is 0 Å². The summed E-state index contributed by atoms with van der Waals surface area (Å²) in [6.45, 7) is 1.95. The monoisotopic (exact) mass is 348 g/mol. The van der Waals surface area contributed by atoms with Gasteiger partial charge in [-0.25, -0.2) is 0 Å². The minimum Gasteiger partial charge on any atom is -0.459 e. The van der Waals surface area contributed by atoms with Crippen molar-refractivity contribution in [3.63, 3.8) is 0 Å². The van der Waals surface area contributed by atoms with Gasteiger partial charge in [-0.1, -0.05) is 18.2 Å². The lowest BCUT2D eigenvalue weighted by molar-refractivity contribution is -0.116. The molecule has 0 saturated heterocycles. The first-order chi connectivity index (χ1) is 12.5. The molecular weight excluding hydrogens is 328 g/mol. The molecule has 132 valence electrons. The van der Waals surface area contributed by atoms with Crippen LogP contribution in [0, 0.1) is 0 Å². The van der Waals surface area contributed by atoms with Gasteiger partial charge in [0.15, 0.2) is 0 Å². The minimum atomic E-state index is -0.189. The number of hydrogen-bond donors (Lipinski definition) is 1. The molecule has 2 aromatic carbocycles. The number of amides is 2. The van der Waals surface area contributed by atoms with E-state index in [4.69, 9.17) is 4.42 Å². The Bertz CT molecular complexity index is 972. The Morgan fingerprint density at radius 3 is 2.77 bits per heavy atom. The summed E-state index contributed by atoms with van der Waals surface area (Å²) in [6.07, 6.45) is 1.11. The lowest BCUT2D eigenvalue weighted by atomic mass is 9.99. The number of carbonyl (C=O) groups is 2. The van der Waals surface area contributed by atoms with Gasteiger partial charge in [0, 0.05) is 30.1 Å². The zero-order valence-corrected chi connectivity index (χ0v) is 14.8. The van der Waals surface area contributed by atoms with Crippen LogP contribution in [0.25, 0.3) is 11.0 Å². The van der Waals surface area contributed by atoms with Crippen molar-refractivity contribution >= 4 is 28.5 Å². The van der Waals surface area contributed by atoms with Crippen molar-refractivity contribution in [2.45, 2.75) is 25.8 Å². The van der Waals surface area contributed by atoms with E-state index in [9.17, 15) is 9.59 Å². The number of nitrogens with one attached hydrogen (secondary N) is 1. The SMILES string of the molecule is CC(c1cc2ccccc2o1)N(C)C(=O)c1ccc2c(c1)CCC(=O)N2. The van der Waals surface area contributed by atoms with Crippen LogP contribution in [0.1, 0.15) is 41.1 Å². The summed E-state index contributed by atoms with van der Waals surface area (Å²) in [7, 11) is 1.78. The van der Waals surface area contributed by atoms with Gasteiger partial charge in [-0.05, 0) is 49.2 Å². The first-order valence-corrected chi connectivity index (χ1v) is 8.71. The third-order valence-corrected chi connectivity index (χ3v) is 5.01. The lowest BCUT2D eigenvalue weighted by Gasteiger charge is -2.24. The fourth-order valence-corrected chi connectivity index (χ4v) is 3.30. The van der Waals surface area contributed by atoms with Gasteiger partial charge >= 0.3 is 0 Å². The van der Waals surface area contributed by atoms with E-state index < -0.39 is 0 Å². The molecular formula is C21H20N2O3. The first-order valence-electron chi connectivity index (χ1n) is 8.71. The van der Waals surface area contributed by atoms with E-state index in [1.54, 1.807) is 24.1 Å². The molecule has 5 nitrogen and oxygen atoms in total. The second kappa shape index (κ2) is 6.33. The van der Waals surface area contributed by atoms with Gasteiger partial charge in [0.1, 0.15) is 11.3 Å². The first kappa shape index (κ1) is 16.4. The molecule has 3 aromatic rings. The predicted octanol–water partition coefficient (Wildman–Crippen LogP) is 4.15. The molecule has 1 unspecified atom stereocenters. The Kier molecular flexibility index (Phi) is 3.99. The number of furan rings is 1. The molecule has 0 radical (unpaired) electrons. The van der Waals surface area contributed by atoms with E-state index in [-0.39, 0.29) is 17.9 Å². The number of rotatable bonds is 3. The Morgan fingerprint density at radius 2 is 1.96 bits per heavy atom. The zero-order valence-electron chi connectivity index (χ0n) is 14.8. The van der Waals surface area contributed by atoms with Crippen LogP contribution < -0.4 is 5.32 Å². The van der Waals surface area contributed by atoms with E-state index in [1.165, 1.54) is 0 Å². The summed E-state index contributed by atoms with van der Waals surface area (Å²) >= 11 is 0. The van der Waals surface area contributed by atoms with Crippen molar-refractivity contribution in [3.8, 4) is 0 Å². The maximum atomic E-state index is 12.9. The number of para-hydroxylation sites is 1. The number of aryl methyl sites for hydroxylation is 1. The summed E-state index contributed by atoms with van der Waals surface area (Å²) in [5.41, 5.74) is 3.23. The second-order valence-electron chi connectivity index (χ2n) is 6.70. The molecule has 2 heterocycles. The predicted molar refractivity (Wildman–Crippen MR) is 100 cm³/mol. The molecule has 1 atom stereocenters. The van der Waals surface area contributed by atoms with E-state index in [1.807, 2.05) is 43.3 Å². The van der Waals surface area contributed by atoms with Crippen molar-refractivity contribution in [1.82, 2.24) is 4.90 Å². The number of benzene rings is 2. The average Bonchev–Trinajstić information content (AvgIpc) is 3.10. The van der Waals surface area contributed by atoms with Gasteiger partial charge in [0.25, 0.3) is 5.91 Å². The van der Waals surface area contributed by atoms with Gasteiger partial charge < -0.3 is 14.6 Å². The van der Waals surface area contributed by atoms with Crippen LogP contribution in [0.3, 0.4) is 0 Å². The van der Waals surface area contributed by atoms with Crippen molar-refractivity contribution < 1.29 is 14.0 Å². The summed E-state index contributed by atoms with van der Waals surface area (Å²) in [5, 5.41) is 3.87. The standard InChI is InChI=1S/C21H20N2O3/c1-13(19-12-15-5-3-4-6-18(15)26-19)23(2)21(25)16-7-9-17-14(11-16)8-10-20(24)22-17/h3-7,9,11-13H,8,10H2,1-2H3,(H,22,24). The third kappa shape index (κ3) is 2.86. The van der Waals surface area contributed by atoms with Crippen LogP contribution in [0.4, 0.5) is 5.69 Å². The van der Waals surface area contributed by atoms with Crippen molar-refractivity contribution in [2.24, 2.45) is 0 Å². The van der Waals surface area contributed by atoms with Gasteiger partial charge in [0.2, 0.25) is 5.91 Å². The summed E-state index contributed by atoms with van der Waals surface area (Å²) in [5.74, 6) is 0.706.